The Morgan fingerprint density at radius 2 is 2.20 bits per heavy atom. The normalized spacial score (nSPS) is 15.0. The molecule has 0 radical (unpaired) electrons. The Labute approximate surface area is 67.9 Å². The van der Waals surface area contributed by atoms with Crippen LogP contribution in [0.15, 0.2) is 11.6 Å². The molecule has 1 unspecified atom stereocenters. The minimum absolute atomic E-state index is 0.125. The molecule has 0 heterocycles. The third-order valence-corrected chi connectivity index (χ3v) is 1.87. The van der Waals surface area contributed by atoms with Crippen molar-refractivity contribution in [2.45, 2.75) is 27.2 Å². The molecule has 0 N–H and O–H groups in total. The van der Waals surface area contributed by atoms with Gasteiger partial charge in [-0.3, -0.25) is 4.79 Å². The Kier molecular flexibility index (Phi) is 4.45. The molecule has 1 nitrogen and oxygen atoms in total. The van der Waals surface area contributed by atoms with E-state index in [1.54, 1.807) is 6.92 Å². The number of allylic oxidation sites excluding steroid dienone is 1. The Morgan fingerprint density at radius 1 is 1.70 bits per heavy atom. The fourth-order valence-electron chi connectivity index (χ4n) is 0.616. The molecule has 0 aromatic carbocycles. The van der Waals surface area contributed by atoms with E-state index in [1.165, 1.54) is 0 Å². The molecule has 0 aliphatic rings. The Balaban J connectivity index is 4.02. The third-order valence-electron chi connectivity index (χ3n) is 1.52. The van der Waals surface area contributed by atoms with Gasteiger partial charge in [0.2, 0.25) is 5.12 Å². The number of thiol groups is 1. The van der Waals surface area contributed by atoms with Gasteiger partial charge in [0, 0.05) is 0 Å². The fourth-order valence-corrected chi connectivity index (χ4v) is 0.690. The van der Waals surface area contributed by atoms with Crippen molar-refractivity contribution >= 4 is 17.7 Å². The van der Waals surface area contributed by atoms with Gasteiger partial charge in [0.15, 0.2) is 0 Å². The van der Waals surface area contributed by atoms with Crippen molar-refractivity contribution in [2.75, 3.05) is 0 Å². The lowest BCUT2D eigenvalue weighted by molar-refractivity contribution is -0.107. The van der Waals surface area contributed by atoms with Crippen LogP contribution in [0.1, 0.15) is 27.2 Å². The molecule has 0 amide bonds. The molecular formula is C8H14OS. The SMILES string of the molecule is CCC(C)C=C(C)C(=O)S. The maximum Gasteiger partial charge on any atom is 0.211 e. The number of hydrogen-bond acceptors (Lipinski definition) is 1. The van der Waals surface area contributed by atoms with Crippen molar-refractivity contribution in [2.24, 2.45) is 5.92 Å². The summed E-state index contributed by atoms with van der Waals surface area (Å²) >= 11 is 3.70. The van der Waals surface area contributed by atoms with Crippen LogP contribution in [-0.4, -0.2) is 5.12 Å². The molecule has 0 aliphatic heterocycles. The molecule has 0 rings (SSSR count). The van der Waals surface area contributed by atoms with Crippen LogP contribution in [0, 0.1) is 5.92 Å². The predicted octanol–water partition coefficient (Wildman–Crippen LogP) is 2.44. The molecule has 0 saturated carbocycles. The Hall–Kier alpha value is -0.240. The zero-order valence-corrected chi connectivity index (χ0v) is 7.61. The van der Waals surface area contributed by atoms with E-state index in [0.717, 1.165) is 12.0 Å². The Morgan fingerprint density at radius 3 is 2.50 bits per heavy atom. The van der Waals surface area contributed by atoms with E-state index in [2.05, 4.69) is 26.5 Å². The van der Waals surface area contributed by atoms with Gasteiger partial charge in [0.1, 0.15) is 0 Å². The van der Waals surface area contributed by atoms with Gasteiger partial charge in [-0.2, -0.15) is 0 Å². The molecule has 0 aromatic heterocycles. The van der Waals surface area contributed by atoms with Crippen LogP contribution in [0.3, 0.4) is 0 Å². The summed E-state index contributed by atoms with van der Waals surface area (Å²) < 4.78 is 0. The number of hydrogen-bond donors (Lipinski definition) is 1. The van der Waals surface area contributed by atoms with E-state index in [1.807, 2.05) is 6.08 Å². The van der Waals surface area contributed by atoms with Crippen LogP contribution in [0.2, 0.25) is 0 Å². The van der Waals surface area contributed by atoms with Crippen LogP contribution in [0.5, 0.6) is 0 Å². The average Bonchev–Trinajstić information content (AvgIpc) is 1.87. The zero-order valence-electron chi connectivity index (χ0n) is 6.72. The number of carbonyl (C=O) groups excluding carboxylic acids is 1. The van der Waals surface area contributed by atoms with Gasteiger partial charge in [-0.25, -0.2) is 0 Å². The second-order valence-corrected chi connectivity index (χ2v) is 2.95. The van der Waals surface area contributed by atoms with Gasteiger partial charge >= 0.3 is 0 Å². The molecule has 0 fully saturated rings. The maximum atomic E-state index is 10.6. The van der Waals surface area contributed by atoms with Gasteiger partial charge in [0.25, 0.3) is 0 Å². The van der Waals surface area contributed by atoms with Crippen LogP contribution in [-0.2, 0) is 4.79 Å². The van der Waals surface area contributed by atoms with Crippen molar-refractivity contribution in [3.8, 4) is 0 Å². The molecule has 1 atom stereocenters. The van der Waals surface area contributed by atoms with Crippen LogP contribution < -0.4 is 0 Å². The molecule has 0 bridgehead atoms. The van der Waals surface area contributed by atoms with Gasteiger partial charge < -0.3 is 0 Å². The highest BCUT2D eigenvalue weighted by atomic mass is 32.1. The summed E-state index contributed by atoms with van der Waals surface area (Å²) in [6, 6.07) is 0. The van der Waals surface area contributed by atoms with E-state index in [-0.39, 0.29) is 5.12 Å². The standard InChI is InChI=1S/C8H14OS/c1-4-6(2)5-7(3)8(9)10/h5-6H,4H2,1-3H3,(H,9,10). The van der Waals surface area contributed by atoms with Crippen molar-refractivity contribution in [1.82, 2.24) is 0 Å². The van der Waals surface area contributed by atoms with Crippen LogP contribution in [0.25, 0.3) is 0 Å². The first-order valence-electron chi connectivity index (χ1n) is 3.49. The molecule has 0 aromatic rings. The van der Waals surface area contributed by atoms with Gasteiger partial charge in [-0.1, -0.05) is 26.3 Å². The summed E-state index contributed by atoms with van der Waals surface area (Å²) in [6.45, 7) is 5.97. The lowest BCUT2D eigenvalue weighted by Gasteiger charge is -2.00. The Bertz CT molecular complexity index is 149. The second-order valence-electron chi connectivity index (χ2n) is 2.54. The van der Waals surface area contributed by atoms with E-state index >= 15 is 0 Å². The lowest BCUT2D eigenvalue weighted by Crippen LogP contribution is -1.93. The minimum Gasteiger partial charge on any atom is -0.282 e. The monoisotopic (exact) mass is 158 g/mol. The third kappa shape index (κ3) is 3.72. The van der Waals surface area contributed by atoms with E-state index in [9.17, 15) is 4.79 Å². The van der Waals surface area contributed by atoms with E-state index < -0.39 is 0 Å². The van der Waals surface area contributed by atoms with Gasteiger partial charge in [-0.15, -0.1) is 12.6 Å². The highest BCUT2D eigenvalue weighted by Gasteiger charge is 1.99. The number of rotatable bonds is 3. The summed E-state index contributed by atoms with van der Waals surface area (Å²) in [5, 5.41) is -0.125. The molecule has 0 aliphatic carbocycles. The average molecular weight is 158 g/mol. The predicted molar refractivity (Wildman–Crippen MR) is 47.2 cm³/mol. The zero-order chi connectivity index (χ0) is 8.15. The lowest BCUT2D eigenvalue weighted by atomic mass is 10.1. The van der Waals surface area contributed by atoms with Crippen LogP contribution >= 0.6 is 12.6 Å². The molecular weight excluding hydrogens is 144 g/mol. The highest BCUT2D eigenvalue weighted by molar-refractivity contribution is 7.97. The fraction of sp³-hybridized carbons (Fsp3) is 0.625. The van der Waals surface area contributed by atoms with Crippen molar-refractivity contribution < 1.29 is 4.79 Å². The molecule has 10 heavy (non-hydrogen) atoms. The summed E-state index contributed by atoms with van der Waals surface area (Å²) in [7, 11) is 0. The first-order valence-corrected chi connectivity index (χ1v) is 3.94. The van der Waals surface area contributed by atoms with E-state index in [4.69, 9.17) is 0 Å². The van der Waals surface area contributed by atoms with Gasteiger partial charge in [0.05, 0.1) is 0 Å². The summed E-state index contributed by atoms with van der Waals surface area (Å²) in [5.74, 6) is 0.482. The van der Waals surface area contributed by atoms with Crippen molar-refractivity contribution in [1.29, 1.82) is 0 Å². The number of carbonyl (C=O) groups is 1. The quantitative estimate of drug-likeness (QED) is 0.493. The second kappa shape index (κ2) is 4.56. The largest absolute Gasteiger partial charge is 0.282 e. The summed E-state index contributed by atoms with van der Waals surface area (Å²) in [6.07, 6.45) is 3.02. The molecule has 0 saturated heterocycles. The topological polar surface area (TPSA) is 17.1 Å². The van der Waals surface area contributed by atoms with Crippen molar-refractivity contribution in [3.63, 3.8) is 0 Å². The van der Waals surface area contributed by atoms with Crippen molar-refractivity contribution in [3.05, 3.63) is 11.6 Å². The smallest absolute Gasteiger partial charge is 0.211 e. The van der Waals surface area contributed by atoms with E-state index in [0.29, 0.717) is 5.92 Å². The molecule has 58 valence electrons. The summed E-state index contributed by atoms with van der Waals surface area (Å²) in [4.78, 5) is 10.6. The highest BCUT2D eigenvalue weighted by Crippen LogP contribution is 2.08. The molecule has 2 heteroatoms. The first kappa shape index (κ1) is 9.76. The minimum atomic E-state index is -0.125. The van der Waals surface area contributed by atoms with Gasteiger partial charge in [-0.05, 0) is 18.4 Å². The van der Waals surface area contributed by atoms with Crippen LogP contribution in [0.4, 0.5) is 0 Å². The molecule has 0 spiro atoms. The first-order chi connectivity index (χ1) is 4.57. The summed E-state index contributed by atoms with van der Waals surface area (Å²) in [5.41, 5.74) is 0.748. The maximum absolute atomic E-state index is 10.6.